The van der Waals surface area contributed by atoms with Crippen molar-refractivity contribution in [1.29, 1.82) is 0 Å². The highest BCUT2D eigenvalue weighted by Crippen LogP contribution is 2.33. The van der Waals surface area contributed by atoms with E-state index >= 15 is 0 Å². The first kappa shape index (κ1) is 13.5. The van der Waals surface area contributed by atoms with E-state index in [0.29, 0.717) is 12.1 Å². The maximum absolute atomic E-state index is 4.72. The van der Waals surface area contributed by atoms with Gasteiger partial charge in [0.15, 0.2) is 0 Å². The molecule has 4 nitrogen and oxygen atoms in total. The Kier molecular flexibility index (Phi) is 3.80. The number of aromatic nitrogens is 2. The van der Waals surface area contributed by atoms with Crippen molar-refractivity contribution >= 4 is 5.82 Å². The van der Waals surface area contributed by atoms with Crippen molar-refractivity contribution in [2.24, 2.45) is 0 Å². The molecule has 2 fully saturated rings. The lowest BCUT2D eigenvalue weighted by atomic mass is 10.0. The van der Waals surface area contributed by atoms with Gasteiger partial charge in [0.2, 0.25) is 0 Å². The second-order valence-electron chi connectivity index (χ2n) is 6.79. The van der Waals surface area contributed by atoms with E-state index in [4.69, 9.17) is 4.98 Å². The van der Waals surface area contributed by atoms with Crippen LogP contribution in [0.25, 0.3) is 0 Å². The van der Waals surface area contributed by atoms with Crippen LogP contribution in [0.2, 0.25) is 0 Å². The van der Waals surface area contributed by atoms with Crippen LogP contribution in [-0.4, -0.2) is 35.1 Å². The molecule has 1 N–H and O–H groups in total. The topological polar surface area (TPSA) is 41.1 Å². The zero-order chi connectivity index (χ0) is 14.1. The molecule has 3 aliphatic rings. The lowest BCUT2D eigenvalue weighted by molar-refractivity contribution is 0.480. The Morgan fingerprint density at radius 3 is 2.86 bits per heavy atom. The normalized spacial score (nSPS) is 29.4. The van der Waals surface area contributed by atoms with Gasteiger partial charge in [0.1, 0.15) is 12.1 Å². The molecule has 0 aromatic carbocycles. The van der Waals surface area contributed by atoms with E-state index in [2.05, 4.69) is 15.2 Å². The predicted molar refractivity (Wildman–Crippen MR) is 84.7 cm³/mol. The van der Waals surface area contributed by atoms with Gasteiger partial charge in [-0.05, 0) is 57.9 Å². The molecule has 114 valence electrons. The molecule has 0 bridgehead atoms. The number of fused-ring (bicyclic) bond motifs is 1. The molecule has 2 unspecified atom stereocenters. The molecule has 1 aliphatic carbocycles. The largest absolute Gasteiger partial charge is 0.352 e. The summed E-state index contributed by atoms with van der Waals surface area (Å²) in [6, 6.07) is 1.32. The number of nitrogens with one attached hydrogen (secondary N) is 1. The average Bonchev–Trinajstić information content (AvgIpc) is 3.13. The Hall–Kier alpha value is -1.16. The number of hydrogen-bond donors (Lipinski definition) is 1. The van der Waals surface area contributed by atoms with Gasteiger partial charge in [0, 0.05) is 29.9 Å². The molecule has 0 spiro atoms. The third-order valence-corrected chi connectivity index (χ3v) is 5.49. The molecule has 0 saturated carbocycles. The molecular formula is C17H26N4. The minimum absolute atomic E-state index is 0.648. The van der Waals surface area contributed by atoms with Gasteiger partial charge in [0.05, 0.1) is 0 Å². The van der Waals surface area contributed by atoms with Crippen molar-refractivity contribution < 1.29 is 0 Å². The molecule has 2 saturated heterocycles. The van der Waals surface area contributed by atoms with Crippen molar-refractivity contribution in [3.05, 3.63) is 17.6 Å². The smallest absolute Gasteiger partial charge is 0.135 e. The fourth-order valence-electron chi connectivity index (χ4n) is 4.44. The van der Waals surface area contributed by atoms with Crippen LogP contribution in [0.5, 0.6) is 0 Å². The first-order valence-electron chi connectivity index (χ1n) is 8.76. The second kappa shape index (κ2) is 5.91. The van der Waals surface area contributed by atoms with Gasteiger partial charge in [-0.25, -0.2) is 9.97 Å². The molecule has 2 aliphatic heterocycles. The lowest BCUT2D eigenvalue weighted by Crippen LogP contribution is -2.44. The summed E-state index contributed by atoms with van der Waals surface area (Å²) in [7, 11) is 0. The summed E-state index contributed by atoms with van der Waals surface area (Å²) in [5.74, 6) is 1.26. The van der Waals surface area contributed by atoms with E-state index in [9.17, 15) is 0 Å². The summed E-state index contributed by atoms with van der Waals surface area (Å²) >= 11 is 0. The van der Waals surface area contributed by atoms with E-state index in [-0.39, 0.29) is 0 Å². The summed E-state index contributed by atoms with van der Waals surface area (Å²) < 4.78 is 0. The second-order valence-corrected chi connectivity index (χ2v) is 6.79. The number of nitrogens with zero attached hydrogens (tertiary/aromatic N) is 3. The van der Waals surface area contributed by atoms with Crippen LogP contribution in [0.1, 0.15) is 56.2 Å². The first-order valence-corrected chi connectivity index (χ1v) is 8.76. The molecule has 4 heteroatoms. The first-order chi connectivity index (χ1) is 10.4. The zero-order valence-corrected chi connectivity index (χ0v) is 12.9. The van der Waals surface area contributed by atoms with Crippen LogP contribution in [0, 0.1) is 0 Å². The van der Waals surface area contributed by atoms with Crippen LogP contribution < -0.4 is 10.2 Å². The molecule has 3 heterocycles. The van der Waals surface area contributed by atoms with Crippen molar-refractivity contribution in [2.75, 3.05) is 18.0 Å². The molecule has 2 atom stereocenters. The minimum atomic E-state index is 0.648. The number of hydrogen-bond acceptors (Lipinski definition) is 4. The number of rotatable bonds is 2. The van der Waals surface area contributed by atoms with Crippen molar-refractivity contribution in [3.8, 4) is 0 Å². The Morgan fingerprint density at radius 2 is 1.95 bits per heavy atom. The monoisotopic (exact) mass is 286 g/mol. The highest BCUT2D eigenvalue weighted by Gasteiger charge is 2.35. The predicted octanol–water partition coefficient (Wildman–Crippen LogP) is 2.47. The average molecular weight is 286 g/mol. The van der Waals surface area contributed by atoms with Gasteiger partial charge in [0.25, 0.3) is 0 Å². The molecule has 1 aromatic rings. The highest BCUT2D eigenvalue weighted by atomic mass is 15.3. The van der Waals surface area contributed by atoms with Crippen LogP contribution in [0.15, 0.2) is 6.33 Å². The van der Waals surface area contributed by atoms with Crippen LogP contribution in [0.4, 0.5) is 5.82 Å². The maximum atomic E-state index is 4.72. The molecular weight excluding hydrogens is 260 g/mol. The summed E-state index contributed by atoms with van der Waals surface area (Å²) in [4.78, 5) is 11.9. The van der Waals surface area contributed by atoms with E-state index in [1.54, 1.807) is 6.33 Å². The third-order valence-electron chi connectivity index (χ3n) is 5.49. The van der Waals surface area contributed by atoms with Crippen LogP contribution in [-0.2, 0) is 12.8 Å². The van der Waals surface area contributed by atoms with Crippen molar-refractivity contribution in [3.63, 3.8) is 0 Å². The maximum Gasteiger partial charge on any atom is 0.135 e. The molecule has 1 aromatic heterocycles. The highest BCUT2D eigenvalue weighted by molar-refractivity contribution is 5.51. The summed E-state index contributed by atoms with van der Waals surface area (Å²) in [6.45, 7) is 2.36. The Balaban J connectivity index is 1.65. The van der Waals surface area contributed by atoms with Gasteiger partial charge >= 0.3 is 0 Å². The fraction of sp³-hybridized carbons (Fsp3) is 0.765. The van der Waals surface area contributed by atoms with Gasteiger partial charge in [-0.2, -0.15) is 0 Å². The summed E-state index contributed by atoms with van der Waals surface area (Å²) in [6.07, 6.45) is 13.3. The Bertz CT molecular complexity index is 496. The Labute approximate surface area is 127 Å². The molecule has 21 heavy (non-hydrogen) atoms. The molecule has 0 amide bonds. The quantitative estimate of drug-likeness (QED) is 0.848. The third kappa shape index (κ3) is 2.54. The minimum Gasteiger partial charge on any atom is -0.352 e. The van der Waals surface area contributed by atoms with E-state index in [1.807, 2.05) is 0 Å². The zero-order valence-electron chi connectivity index (χ0n) is 12.9. The Morgan fingerprint density at radius 1 is 1.00 bits per heavy atom. The van der Waals surface area contributed by atoms with Gasteiger partial charge in [-0.15, -0.1) is 0 Å². The number of anilines is 1. The summed E-state index contributed by atoms with van der Waals surface area (Å²) in [5, 5.41) is 3.71. The van der Waals surface area contributed by atoms with Gasteiger partial charge in [-0.3, -0.25) is 0 Å². The number of aryl methyl sites for hydroxylation is 1. The molecule has 0 radical (unpaired) electrons. The van der Waals surface area contributed by atoms with Crippen molar-refractivity contribution in [1.82, 2.24) is 15.3 Å². The van der Waals surface area contributed by atoms with E-state index in [1.165, 1.54) is 81.5 Å². The van der Waals surface area contributed by atoms with E-state index < -0.39 is 0 Å². The van der Waals surface area contributed by atoms with Gasteiger partial charge < -0.3 is 10.2 Å². The van der Waals surface area contributed by atoms with Crippen LogP contribution >= 0.6 is 0 Å². The van der Waals surface area contributed by atoms with E-state index in [0.717, 1.165) is 6.42 Å². The SMILES string of the molecule is c1nc2c(c(N3CCCC3C3CCCN3)n1)CCCCC2. The summed E-state index contributed by atoms with van der Waals surface area (Å²) in [5.41, 5.74) is 2.78. The molecule has 4 rings (SSSR count). The fourth-order valence-corrected chi connectivity index (χ4v) is 4.44. The van der Waals surface area contributed by atoms with Crippen molar-refractivity contribution in [2.45, 2.75) is 69.9 Å². The standard InChI is InChI=1S/C17H26N4/c1-2-6-13-14(7-3-1)19-12-20-17(13)21-11-5-9-16(21)15-8-4-10-18-15/h12,15-16,18H,1-11H2. The van der Waals surface area contributed by atoms with Gasteiger partial charge in [-0.1, -0.05) is 6.42 Å². The van der Waals surface area contributed by atoms with Crippen LogP contribution in [0.3, 0.4) is 0 Å². The lowest BCUT2D eigenvalue weighted by Gasteiger charge is -2.32.